The smallest absolute Gasteiger partial charge is 0.139 e. The van der Waals surface area contributed by atoms with Crippen molar-refractivity contribution < 1.29 is 9.53 Å². The Morgan fingerprint density at radius 2 is 2.46 bits per heavy atom. The van der Waals surface area contributed by atoms with Gasteiger partial charge in [0.2, 0.25) is 0 Å². The maximum Gasteiger partial charge on any atom is 0.139 e. The Morgan fingerprint density at radius 1 is 1.62 bits per heavy atom. The van der Waals surface area contributed by atoms with E-state index in [0.717, 1.165) is 5.56 Å². The highest BCUT2D eigenvalue weighted by atomic mass is 32.1. The summed E-state index contributed by atoms with van der Waals surface area (Å²) in [6, 6.07) is 1.99. The Morgan fingerprint density at radius 3 is 3.08 bits per heavy atom. The number of carbonyl (C=O) groups excluding carboxylic acids is 1. The summed E-state index contributed by atoms with van der Waals surface area (Å²) in [6.45, 7) is 3.18. The van der Waals surface area contributed by atoms with Crippen molar-refractivity contribution in [1.82, 2.24) is 0 Å². The molecule has 0 aliphatic carbocycles. The molecule has 2 nitrogen and oxygen atoms in total. The molecular weight excluding hydrogens is 184 g/mol. The van der Waals surface area contributed by atoms with E-state index in [9.17, 15) is 4.79 Å². The van der Waals surface area contributed by atoms with Crippen LogP contribution in [-0.4, -0.2) is 19.0 Å². The first-order valence-electron chi connectivity index (χ1n) is 4.43. The fourth-order valence-electron chi connectivity index (χ4n) is 1.04. The molecule has 3 heteroatoms. The highest BCUT2D eigenvalue weighted by Crippen LogP contribution is 2.07. The van der Waals surface area contributed by atoms with Crippen LogP contribution in [0.1, 0.15) is 18.9 Å². The van der Waals surface area contributed by atoms with Gasteiger partial charge in [-0.05, 0) is 29.3 Å². The maximum absolute atomic E-state index is 11.3. The summed E-state index contributed by atoms with van der Waals surface area (Å²) >= 11 is 1.63. The second-order valence-electron chi connectivity index (χ2n) is 2.79. The van der Waals surface area contributed by atoms with Gasteiger partial charge in [-0.15, -0.1) is 0 Å². The molecule has 0 atom stereocenters. The van der Waals surface area contributed by atoms with E-state index in [0.29, 0.717) is 26.1 Å². The molecule has 0 radical (unpaired) electrons. The number of ether oxygens (including phenoxy) is 1. The van der Waals surface area contributed by atoms with Gasteiger partial charge in [-0.25, -0.2) is 0 Å². The van der Waals surface area contributed by atoms with Gasteiger partial charge in [0.15, 0.2) is 0 Å². The van der Waals surface area contributed by atoms with Crippen LogP contribution < -0.4 is 0 Å². The van der Waals surface area contributed by atoms with E-state index in [-0.39, 0.29) is 5.78 Å². The van der Waals surface area contributed by atoms with Crippen molar-refractivity contribution in [3.05, 3.63) is 22.4 Å². The standard InChI is InChI=1S/C10H14O2S/c1-2-12-5-3-10(11)7-9-4-6-13-8-9/h4,6,8H,2-3,5,7H2,1H3. The van der Waals surface area contributed by atoms with Crippen molar-refractivity contribution in [2.45, 2.75) is 19.8 Å². The zero-order chi connectivity index (χ0) is 9.52. The largest absolute Gasteiger partial charge is 0.381 e. The van der Waals surface area contributed by atoms with Gasteiger partial charge >= 0.3 is 0 Å². The van der Waals surface area contributed by atoms with Gasteiger partial charge in [0, 0.05) is 19.4 Å². The van der Waals surface area contributed by atoms with Gasteiger partial charge < -0.3 is 4.74 Å². The van der Waals surface area contributed by atoms with E-state index < -0.39 is 0 Å². The SMILES string of the molecule is CCOCCC(=O)Cc1ccsc1. The predicted octanol–water partition coefficient (Wildman–Crippen LogP) is 2.29. The molecule has 1 heterocycles. The molecule has 0 unspecified atom stereocenters. The van der Waals surface area contributed by atoms with E-state index in [1.807, 2.05) is 23.8 Å². The zero-order valence-corrected chi connectivity index (χ0v) is 8.60. The van der Waals surface area contributed by atoms with Crippen molar-refractivity contribution in [2.75, 3.05) is 13.2 Å². The predicted molar refractivity (Wildman–Crippen MR) is 54.1 cm³/mol. The van der Waals surface area contributed by atoms with Gasteiger partial charge in [-0.2, -0.15) is 11.3 Å². The molecule has 0 aromatic carbocycles. The van der Waals surface area contributed by atoms with Crippen LogP contribution in [0.5, 0.6) is 0 Å². The Labute approximate surface area is 82.5 Å². The summed E-state index contributed by atoms with van der Waals surface area (Å²) in [7, 11) is 0. The number of carbonyl (C=O) groups is 1. The van der Waals surface area contributed by atoms with Gasteiger partial charge in [-0.1, -0.05) is 0 Å². The number of rotatable bonds is 6. The van der Waals surface area contributed by atoms with E-state index in [1.54, 1.807) is 11.3 Å². The fraction of sp³-hybridized carbons (Fsp3) is 0.500. The first-order valence-corrected chi connectivity index (χ1v) is 5.37. The lowest BCUT2D eigenvalue weighted by Gasteiger charge is -1.99. The van der Waals surface area contributed by atoms with Crippen molar-refractivity contribution >= 4 is 17.1 Å². The lowest BCUT2D eigenvalue weighted by molar-refractivity contribution is -0.119. The molecule has 0 fully saturated rings. The van der Waals surface area contributed by atoms with E-state index in [2.05, 4.69) is 0 Å². The molecule has 1 rings (SSSR count). The van der Waals surface area contributed by atoms with Crippen LogP contribution >= 0.6 is 11.3 Å². The fourth-order valence-corrected chi connectivity index (χ4v) is 1.71. The molecule has 72 valence electrons. The molecule has 0 amide bonds. The average molecular weight is 198 g/mol. The second kappa shape index (κ2) is 5.89. The van der Waals surface area contributed by atoms with Gasteiger partial charge in [0.05, 0.1) is 6.61 Å². The van der Waals surface area contributed by atoms with E-state index >= 15 is 0 Å². The molecule has 0 saturated heterocycles. The van der Waals surface area contributed by atoms with Crippen molar-refractivity contribution in [3.63, 3.8) is 0 Å². The van der Waals surface area contributed by atoms with Crippen molar-refractivity contribution in [2.24, 2.45) is 0 Å². The number of ketones is 1. The average Bonchev–Trinajstić information content (AvgIpc) is 2.57. The zero-order valence-electron chi connectivity index (χ0n) is 7.79. The molecule has 1 aromatic heterocycles. The third-order valence-corrected chi connectivity index (χ3v) is 2.44. The molecule has 13 heavy (non-hydrogen) atoms. The maximum atomic E-state index is 11.3. The number of Topliss-reactive ketones (excluding diaryl/α,β-unsaturated/α-hetero) is 1. The highest BCUT2D eigenvalue weighted by Gasteiger charge is 2.03. The minimum absolute atomic E-state index is 0.256. The quantitative estimate of drug-likeness (QED) is 0.655. The number of hydrogen-bond acceptors (Lipinski definition) is 3. The van der Waals surface area contributed by atoms with E-state index in [4.69, 9.17) is 4.74 Å². The van der Waals surface area contributed by atoms with Gasteiger partial charge in [-0.3, -0.25) is 4.79 Å². The summed E-state index contributed by atoms with van der Waals surface area (Å²) in [5, 5.41) is 4.00. The lowest BCUT2D eigenvalue weighted by atomic mass is 10.1. The van der Waals surface area contributed by atoms with Crippen LogP contribution in [-0.2, 0) is 16.0 Å². The Hall–Kier alpha value is -0.670. The molecule has 0 spiro atoms. The molecular formula is C10H14O2S. The summed E-state index contributed by atoms with van der Waals surface area (Å²) in [4.78, 5) is 11.3. The third-order valence-electron chi connectivity index (χ3n) is 1.71. The first kappa shape index (κ1) is 10.4. The van der Waals surface area contributed by atoms with Crippen molar-refractivity contribution in [1.29, 1.82) is 0 Å². The monoisotopic (exact) mass is 198 g/mol. The minimum Gasteiger partial charge on any atom is -0.381 e. The lowest BCUT2D eigenvalue weighted by Crippen LogP contribution is -2.06. The highest BCUT2D eigenvalue weighted by molar-refractivity contribution is 7.07. The molecule has 0 bridgehead atoms. The number of thiophene rings is 1. The molecule has 0 saturated carbocycles. The van der Waals surface area contributed by atoms with E-state index in [1.165, 1.54) is 0 Å². The van der Waals surface area contributed by atoms with Crippen LogP contribution in [0.25, 0.3) is 0 Å². The van der Waals surface area contributed by atoms with Crippen LogP contribution in [0.3, 0.4) is 0 Å². The topological polar surface area (TPSA) is 26.3 Å². The van der Waals surface area contributed by atoms with Gasteiger partial charge in [0.25, 0.3) is 0 Å². The summed E-state index contributed by atoms with van der Waals surface area (Å²) in [5.74, 6) is 0.256. The number of hydrogen-bond donors (Lipinski definition) is 0. The first-order chi connectivity index (χ1) is 6.33. The Kier molecular flexibility index (Phi) is 4.72. The minimum atomic E-state index is 0.256. The molecule has 1 aromatic rings. The third kappa shape index (κ3) is 4.20. The normalized spacial score (nSPS) is 10.2. The van der Waals surface area contributed by atoms with Gasteiger partial charge in [0.1, 0.15) is 5.78 Å². The van der Waals surface area contributed by atoms with Crippen LogP contribution in [0, 0.1) is 0 Å². The summed E-state index contributed by atoms with van der Waals surface area (Å²) in [5.41, 5.74) is 1.12. The Balaban J connectivity index is 2.18. The summed E-state index contributed by atoms with van der Waals surface area (Å²) < 4.78 is 5.11. The van der Waals surface area contributed by atoms with Crippen molar-refractivity contribution in [3.8, 4) is 0 Å². The van der Waals surface area contributed by atoms with Crippen LogP contribution in [0.2, 0.25) is 0 Å². The summed E-state index contributed by atoms with van der Waals surface area (Å²) in [6.07, 6.45) is 1.08. The Bertz CT molecular complexity index is 241. The molecule has 0 aliphatic rings. The van der Waals surface area contributed by atoms with Crippen LogP contribution in [0.15, 0.2) is 16.8 Å². The van der Waals surface area contributed by atoms with Crippen LogP contribution in [0.4, 0.5) is 0 Å². The molecule has 0 N–H and O–H groups in total. The second-order valence-corrected chi connectivity index (χ2v) is 3.57. The molecule has 0 aliphatic heterocycles.